The van der Waals surface area contributed by atoms with Gasteiger partial charge in [0, 0.05) is 17.4 Å². The van der Waals surface area contributed by atoms with Gasteiger partial charge in [0.1, 0.15) is 12.4 Å². The number of nitrogens with zero attached hydrogens (tertiary/aromatic N) is 1. The summed E-state index contributed by atoms with van der Waals surface area (Å²) in [5.41, 5.74) is 13.7. The zero-order valence-corrected chi connectivity index (χ0v) is 29.7. The molecule has 5 nitrogen and oxygen atoms in total. The first-order valence-corrected chi connectivity index (χ1v) is 17.4. The SMILES string of the molecule is CC(C)(C)O.CSN1Cc2ccc(-c3ccccc3OCc3ccccc3)cc2-c2c(C)c(-c3ccc(C)cc3)c(CC(=O)O)c(C)c21. The van der Waals surface area contributed by atoms with Gasteiger partial charge in [-0.3, -0.25) is 4.79 Å². The fraction of sp³-hybridized carbons (Fsp3) is 0.262. The molecule has 0 saturated heterocycles. The van der Waals surface area contributed by atoms with Crippen molar-refractivity contribution in [3.8, 4) is 39.1 Å². The van der Waals surface area contributed by atoms with Gasteiger partial charge >= 0.3 is 5.97 Å². The maximum absolute atomic E-state index is 12.1. The third-order valence-corrected chi connectivity index (χ3v) is 9.12. The van der Waals surface area contributed by atoms with Crippen molar-refractivity contribution < 1.29 is 19.7 Å². The third-order valence-electron chi connectivity index (χ3n) is 8.36. The lowest BCUT2D eigenvalue weighted by atomic mass is 9.80. The normalized spacial score (nSPS) is 12.0. The van der Waals surface area contributed by atoms with Gasteiger partial charge in [-0.25, -0.2) is 0 Å². The molecule has 48 heavy (non-hydrogen) atoms. The summed E-state index contributed by atoms with van der Waals surface area (Å²) in [6.45, 7) is 12.8. The molecule has 1 heterocycles. The van der Waals surface area contributed by atoms with E-state index in [2.05, 4.69) is 98.1 Å². The molecule has 0 aromatic heterocycles. The summed E-state index contributed by atoms with van der Waals surface area (Å²) in [7, 11) is 0. The molecule has 0 unspecified atom stereocenters. The molecule has 0 spiro atoms. The molecule has 2 N–H and O–H groups in total. The van der Waals surface area contributed by atoms with Crippen LogP contribution in [0.2, 0.25) is 0 Å². The van der Waals surface area contributed by atoms with Crippen LogP contribution in [0.15, 0.2) is 97.1 Å². The van der Waals surface area contributed by atoms with Crippen molar-refractivity contribution in [2.75, 3.05) is 10.6 Å². The van der Waals surface area contributed by atoms with Gasteiger partial charge in [0.2, 0.25) is 0 Å². The summed E-state index contributed by atoms with van der Waals surface area (Å²) in [5, 5.41) is 18.5. The molecule has 1 aliphatic rings. The molecule has 5 aromatic carbocycles. The zero-order chi connectivity index (χ0) is 34.6. The Morgan fingerprint density at radius 2 is 1.44 bits per heavy atom. The van der Waals surface area contributed by atoms with Gasteiger partial charge < -0.3 is 19.3 Å². The summed E-state index contributed by atoms with van der Waals surface area (Å²) >= 11 is 1.68. The van der Waals surface area contributed by atoms with E-state index in [0.29, 0.717) is 6.61 Å². The lowest BCUT2D eigenvalue weighted by Gasteiger charge is -2.36. The Labute approximate surface area is 289 Å². The third kappa shape index (κ3) is 7.95. The van der Waals surface area contributed by atoms with Crippen LogP contribution in [0.1, 0.15) is 54.2 Å². The minimum Gasteiger partial charge on any atom is -0.488 e. The predicted molar refractivity (Wildman–Crippen MR) is 201 cm³/mol. The minimum absolute atomic E-state index is 0.0234. The number of benzene rings is 5. The molecule has 248 valence electrons. The number of carboxylic acids is 1. The van der Waals surface area contributed by atoms with Crippen molar-refractivity contribution in [3.63, 3.8) is 0 Å². The Morgan fingerprint density at radius 1 is 0.812 bits per heavy atom. The van der Waals surface area contributed by atoms with E-state index in [4.69, 9.17) is 9.84 Å². The van der Waals surface area contributed by atoms with E-state index in [-0.39, 0.29) is 6.42 Å². The van der Waals surface area contributed by atoms with Crippen LogP contribution in [-0.4, -0.2) is 28.0 Å². The largest absolute Gasteiger partial charge is 0.488 e. The summed E-state index contributed by atoms with van der Waals surface area (Å²) in [6.07, 6.45) is 2.06. The molecule has 1 aliphatic heterocycles. The molecule has 0 saturated carbocycles. The number of aliphatic hydroxyl groups is 1. The maximum atomic E-state index is 12.1. The average Bonchev–Trinajstić information content (AvgIpc) is 3.05. The molecule has 0 radical (unpaired) electrons. The van der Waals surface area contributed by atoms with E-state index in [9.17, 15) is 9.90 Å². The number of aliphatic carboxylic acids is 1. The zero-order valence-electron chi connectivity index (χ0n) is 28.9. The second kappa shape index (κ2) is 14.7. The Hall–Kier alpha value is -4.52. The van der Waals surface area contributed by atoms with Crippen LogP contribution in [-0.2, 0) is 24.4 Å². The van der Waals surface area contributed by atoms with Gasteiger partial charge in [0.15, 0.2) is 0 Å². The van der Waals surface area contributed by atoms with Gasteiger partial charge in [-0.05, 0) is 104 Å². The van der Waals surface area contributed by atoms with Crippen LogP contribution in [0.25, 0.3) is 33.4 Å². The molecular formula is C42H45NO4S. The van der Waals surface area contributed by atoms with E-state index in [0.717, 1.165) is 62.5 Å². The number of ether oxygens (including phenoxy) is 1. The van der Waals surface area contributed by atoms with Crippen LogP contribution < -0.4 is 9.04 Å². The van der Waals surface area contributed by atoms with E-state index in [1.807, 2.05) is 30.3 Å². The summed E-state index contributed by atoms with van der Waals surface area (Å²) in [5.74, 6) is 0.0234. The summed E-state index contributed by atoms with van der Waals surface area (Å²) in [4.78, 5) is 12.1. The number of carbonyl (C=O) groups is 1. The Kier molecular flexibility index (Phi) is 10.7. The van der Waals surface area contributed by atoms with E-state index in [1.165, 1.54) is 22.3 Å². The first-order valence-electron chi connectivity index (χ1n) is 16.2. The molecular weight excluding hydrogens is 615 g/mol. The molecule has 0 amide bonds. The lowest BCUT2D eigenvalue weighted by Crippen LogP contribution is -2.22. The van der Waals surface area contributed by atoms with Crippen LogP contribution in [0.5, 0.6) is 5.75 Å². The molecule has 6 heteroatoms. The van der Waals surface area contributed by atoms with Gasteiger partial charge in [-0.2, -0.15) is 0 Å². The number of aryl methyl sites for hydroxylation is 1. The molecule has 5 aromatic rings. The molecule has 0 atom stereocenters. The monoisotopic (exact) mass is 659 g/mol. The fourth-order valence-corrected chi connectivity index (χ4v) is 6.92. The van der Waals surface area contributed by atoms with Crippen molar-refractivity contribution in [2.24, 2.45) is 0 Å². The average molecular weight is 660 g/mol. The highest BCUT2D eigenvalue weighted by Crippen LogP contribution is 2.51. The van der Waals surface area contributed by atoms with Crippen molar-refractivity contribution in [1.82, 2.24) is 0 Å². The van der Waals surface area contributed by atoms with Crippen molar-refractivity contribution in [1.29, 1.82) is 0 Å². The number of fused-ring (bicyclic) bond motifs is 3. The van der Waals surface area contributed by atoms with Gasteiger partial charge in [0.25, 0.3) is 0 Å². The van der Waals surface area contributed by atoms with Crippen molar-refractivity contribution in [3.05, 3.63) is 130 Å². The van der Waals surface area contributed by atoms with Crippen LogP contribution in [0.4, 0.5) is 5.69 Å². The molecule has 0 aliphatic carbocycles. The number of carboxylic acid groups (broad SMARTS) is 1. The Morgan fingerprint density at radius 3 is 2.08 bits per heavy atom. The van der Waals surface area contributed by atoms with Crippen LogP contribution in [0, 0.1) is 20.8 Å². The Bertz CT molecular complexity index is 1900. The molecule has 6 rings (SSSR count). The van der Waals surface area contributed by atoms with Crippen molar-refractivity contribution in [2.45, 2.75) is 66.7 Å². The standard InChI is InChI=1S/C38H35NO3S.C4H10O/c1-24-14-16-28(17-15-24)36-26(3)37-33-20-29(31-12-8-9-13-34(31)42-23-27-10-6-5-7-11-27)18-19-30(33)22-39(43-4)38(37)25(2)32(36)21-35(40)41;1-4(2,3)5/h5-20H,21-23H2,1-4H3,(H,40,41);5H,1-3H3. The van der Waals surface area contributed by atoms with E-state index in [1.54, 1.807) is 32.7 Å². The first kappa shape index (κ1) is 34.8. The highest BCUT2D eigenvalue weighted by atomic mass is 32.2. The van der Waals surface area contributed by atoms with Crippen LogP contribution in [0.3, 0.4) is 0 Å². The van der Waals surface area contributed by atoms with Gasteiger partial charge in [-0.15, -0.1) is 0 Å². The van der Waals surface area contributed by atoms with Gasteiger partial charge in [-0.1, -0.05) is 102 Å². The lowest BCUT2D eigenvalue weighted by molar-refractivity contribution is -0.136. The number of hydrogen-bond donors (Lipinski definition) is 2. The predicted octanol–water partition coefficient (Wildman–Crippen LogP) is 10.2. The van der Waals surface area contributed by atoms with E-state index < -0.39 is 11.6 Å². The second-order valence-electron chi connectivity index (χ2n) is 13.3. The Balaban J connectivity index is 0.000000840. The summed E-state index contributed by atoms with van der Waals surface area (Å²) in [6, 6.07) is 33.6. The summed E-state index contributed by atoms with van der Waals surface area (Å²) < 4.78 is 8.65. The quantitative estimate of drug-likeness (QED) is 0.162. The highest BCUT2D eigenvalue weighted by Gasteiger charge is 2.30. The molecule has 0 fully saturated rings. The minimum atomic E-state index is -0.822. The number of rotatable bonds is 8. The number of hydrogen-bond acceptors (Lipinski definition) is 5. The van der Waals surface area contributed by atoms with Crippen molar-refractivity contribution >= 4 is 23.6 Å². The van der Waals surface area contributed by atoms with E-state index >= 15 is 0 Å². The molecule has 0 bridgehead atoms. The second-order valence-corrected chi connectivity index (χ2v) is 14.1. The highest BCUT2D eigenvalue weighted by molar-refractivity contribution is 7.99. The maximum Gasteiger partial charge on any atom is 0.307 e. The fourth-order valence-electron chi connectivity index (χ4n) is 6.24. The van der Waals surface area contributed by atoms with Crippen LogP contribution >= 0.6 is 11.9 Å². The first-order chi connectivity index (χ1) is 22.9. The number of anilines is 1. The topological polar surface area (TPSA) is 70.0 Å². The van der Waals surface area contributed by atoms with Gasteiger partial charge in [0.05, 0.1) is 24.3 Å². The smallest absolute Gasteiger partial charge is 0.307 e. The number of para-hydroxylation sites is 1.